The molecule has 372 valence electrons. The number of benzene rings is 12. The number of hydrogen-bond acceptors (Lipinski definition) is 2. The van der Waals surface area contributed by atoms with Crippen LogP contribution in [0.1, 0.15) is 31.8 Å². The van der Waals surface area contributed by atoms with Gasteiger partial charge in [-0.05, 0) is 119 Å². The maximum atomic E-state index is 16.7. The molecule has 0 N–H and O–H groups in total. The van der Waals surface area contributed by atoms with Gasteiger partial charge in [-0.2, -0.15) is 0 Å². The molecule has 17 rings (SSSR count). The number of rotatable bonds is 4. The van der Waals surface area contributed by atoms with Crippen molar-refractivity contribution in [1.29, 1.82) is 0 Å². The Morgan fingerprint density at radius 3 is 0.512 bits per heavy atom. The Morgan fingerprint density at radius 2 is 0.338 bits per heavy atom. The van der Waals surface area contributed by atoms with Gasteiger partial charge in [0.25, 0.3) is 0 Å². The smallest absolute Gasteiger partial charge is 0.194 e. The van der Waals surface area contributed by atoms with E-state index in [1.807, 2.05) is 0 Å². The number of carbonyl (C=O) groups excluding carboxylic acids is 2. The third-order valence-electron chi connectivity index (χ3n) is 16.9. The summed E-state index contributed by atoms with van der Waals surface area (Å²) in [5.41, 5.74) is 16.3. The highest BCUT2D eigenvalue weighted by atomic mass is 16.1. The lowest BCUT2D eigenvalue weighted by Gasteiger charge is -2.23. The van der Waals surface area contributed by atoms with Crippen LogP contribution in [0.5, 0.6) is 0 Å². The Bertz CT molecular complexity index is 4490. The Labute approximate surface area is 458 Å². The van der Waals surface area contributed by atoms with Gasteiger partial charge in [0, 0.05) is 88.1 Å². The predicted molar refractivity (Wildman–Crippen MR) is 328 cm³/mol. The van der Waals surface area contributed by atoms with Gasteiger partial charge >= 0.3 is 0 Å². The summed E-state index contributed by atoms with van der Waals surface area (Å²) in [5.74, 6) is -0.297. The van der Waals surface area contributed by atoms with Crippen molar-refractivity contribution in [3.8, 4) is 45.0 Å². The van der Waals surface area contributed by atoms with Crippen molar-refractivity contribution in [2.24, 2.45) is 0 Å². The van der Waals surface area contributed by atoms with Crippen molar-refractivity contribution < 1.29 is 9.59 Å². The largest absolute Gasteiger partial charge is 0.309 e. The molecule has 4 heterocycles. The van der Waals surface area contributed by atoms with Crippen LogP contribution in [-0.2, 0) is 0 Å². The standard InChI is InChI=1S/C74H44N4O2/c79-73-61-41-45(75-65-25-9-1-17-53(65)54-18-2-10-26-66(54)75)33-37-49(61)50-38-34-47(77-69-29-13-5-21-57(69)58-22-6-14-30-70(58)77)43-63(50)74(80)64-44-48(78-71-31-15-7-23-59(71)60-24-8-16-32-72(60)78)36-40-52(64)51-39-35-46(42-62(51)73)76-67-27-11-3-19-55(67)56-20-4-12-28-68(56)76/h1-44H. The van der Waals surface area contributed by atoms with Crippen LogP contribution in [-0.4, -0.2) is 29.8 Å². The number of carbonyl (C=O) groups is 2. The zero-order chi connectivity index (χ0) is 52.7. The molecule has 0 radical (unpaired) electrons. The first-order chi connectivity index (χ1) is 39.6. The summed E-state index contributed by atoms with van der Waals surface area (Å²) in [6.45, 7) is 0. The zero-order valence-electron chi connectivity index (χ0n) is 43.0. The van der Waals surface area contributed by atoms with Gasteiger partial charge in [0.05, 0.1) is 44.1 Å². The number of aromatic nitrogens is 4. The molecule has 6 heteroatoms. The van der Waals surface area contributed by atoms with Crippen LogP contribution in [0.15, 0.2) is 267 Å². The van der Waals surface area contributed by atoms with E-state index in [1.54, 1.807) is 0 Å². The lowest BCUT2D eigenvalue weighted by atomic mass is 9.82. The molecule has 80 heavy (non-hydrogen) atoms. The van der Waals surface area contributed by atoms with Crippen molar-refractivity contribution in [1.82, 2.24) is 18.3 Å². The predicted octanol–water partition coefficient (Wildman–Crippen LogP) is 18.2. The van der Waals surface area contributed by atoms with Crippen LogP contribution in [0.2, 0.25) is 0 Å². The summed E-state index contributed by atoms with van der Waals surface area (Å²) in [7, 11) is 0. The molecule has 6 nitrogen and oxygen atoms in total. The van der Waals surface area contributed by atoms with E-state index >= 15 is 9.59 Å². The minimum Gasteiger partial charge on any atom is -0.309 e. The van der Waals surface area contributed by atoms with E-state index in [4.69, 9.17) is 0 Å². The Kier molecular flexibility index (Phi) is 9.33. The SMILES string of the molecule is O=C1c2cc(-n3c4ccccc4c4ccccc43)ccc2-c2ccc(-n3c4ccccc4c4ccccc43)cc2C(=O)c2cc(-n3c4ccccc4c4ccccc43)ccc2-c2ccc(-n3c4ccccc4c4ccccc43)cc21. The molecule has 1 aliphatic rings. The Morgan fingerprint density at radius 1 is 0.175 bits per heavy atom. The molecule has 16 aromatic rings. The molecule has 0 bridgehead atoms. The van der Waals surface area contributed by atoms with Crippen molar-refractivity contribution in [3.05, 3.63) is 289 Å². The highest BCUT2D eigenvalue weighted by molar-refractivity contribution is 6.24. The van der Waals surface area contributed by atoms with Crippen LogP contribution in [0.25, 0.3) is 132 Å². The lowest BCUT2D eigenvalue weighted by molar-refractivity contribution is 0.102. The fourth-order valence-electron chi connectivity index (χ4n) is 13.5. The first-order valence-corrected chi connectivity index (χ1v) is 27.2. The Balaban J connectivity index is 0.983. The van der Waals surface area contributed by atoms with Crippen LogP contribution in [0.3, 0.4) is 0 Å². The summed E-state index contributed by atoms with van der Waals surface area (Å²) in [5, 5.41) is 9.01. The third-order valence-corrected chi connectivity index (χ3v) is 16.9. The maximum Gasteiger partial charge on any atom is 0.194 e. The summed E-state index contributed by atoms with van der Waals surface area (Å²) in [4.78, 5) is 33.5. The molecule has 0 fully saturated rings. The summed E-state index contributed by atoms with van der Waals surface area (Å²) < 4.78 is 9.04. The van der Waals surface area contributed by atoms with Crippen LogP contribution < -0.4 is 0 Å². The average molecular weight is 1020 g/mol. The molecule has 0 unspecified atom stereocenters. The van der Waals surface area contributed by atoms with Gasteiger partial charge in [0.1, 0.15) is 0 Å². The van der Waals surface area contributed by atoms with Gasteiger partial charge in [0.2, 0.25) is 0 Å². The van der Waals surface area contributed by atoms with Crippen molar-refractivity contribution >= 4 is 98.8 Å². The van der Waals surface area contributed by atoms with E-state index < -0.39 is 0 Å². The van der Waals surface area contributed by atoms with Gasteiger partial charge in [0.15, 0.2) is 11.6 Å². The van der Waals surface area contributed by atoms with Gasteiger partial charge in [-0.1, -0.05) is 170 Å². The highest BCUT2D eigenvalue weighted by Gasteiger charge is 2.30. The normalized spacial score (nSPS) is 12.6. The molecule has 0 atom stereocenters. The zero-order valence-corrected chi connectivity index (χ0v) is 43.0. The van der Waals surface area contributed by atoms with E-state index in [0.717, 1.165) is 110 Å². The van der Waals surface area contributed by atoms with Gasteiger partial charge in [-0.25, -0.2) is 0 Å². The van der Waals surface area contributed by atoms with Gasteiger partial charge in [-0.15, -0.1) is 0 Å². The van der Waals surface area contributed by atoms with Crippen LogP contribution >= 0.6 is 0 Å². The maximum absolute atomic E-state index is 16.7. The lowest BCUT2D eigenvalue weighted by Crippen LogP contribution is -2.14. The van der Waals surface area contributed by atoms with Crippen molar-refractivity contribution in [2.75, 3.05) is 0 Å². The molecular formula is C74H44N4O2. The quantitative estimate of drug-likeness (QED) is 0.176. The van der Waals surface area contributed by atoms with E-state index in [1.165, 1.54) is 0 Å². The Hall–Kier alpha value is -10.8. The third kappa shape index (κ3) is 6.24. The van der Waals surface area contributed by atoms with Gasteiger partial charge in [-0.3, -0.25) is 9.59 Å². The first-order valence-electron chi connectivity index (χ1n) is 27.2. The second kappa shape index (κ2) is 16.8. The second-order valence-corrected chi connectivity index (χ2v) is 21.1. The molecule has 0 amide bonds. The molecule has 4 aromatic heterocycles. The number of nitrogens with zero attached hydrogens (tertiary/aromatic N) is 4. The number of ketones is 2. The highest BCUT2D eigenvalue weighted by Crippen LogP contribution is 2.44. The monoisotopic (exact) mass is 1020 g/mol. The topological polar surface area (TPSA) is 53.9 Å². The molecular weight excluding hydrogens is 977 g/mol. The first kappa shape index (κ1) is 44.3. The fourth-order valence-corrected chi connectivity index (χ4v) is 13.5. The van der Waals surface area contributed by atoms with E-state index in [2.05, 4.69) is 285 Å². The summed E-state index contributed by atoms with van der Waals surface area (Å²) >= 11 is 0. The van der Waals surface area contributed by atoms with Crippen molar-refractivity contribution in [3.63, 3.8) is 0 Å². The van der Waals surface area contributed by atoms with Crippen LogP contribution in [0, 0.1) is 0 Å². The molecule has 0 aliphatic heterocycles. The van der Waals surface area contributed by atoms with E-state index in [0.29, 0.717) is 44.5 Å². The molecule has 12 aromatic carbocycles. The van der Waals surface area contributed by atoms with E-state index in [-0.39, 0.29) is 11.6 Å². The number of para-hydroxylation sites is 8. The molecule has 0 saturated carbocycles. The van der Waals surface area contributed by atoms with Crippen molar-refractivity contribution in [2.45, 2.75) is 0 Å². The van der Waals surface area contributed by atoms with Crippen LogP contribution in [0.4, 0.5) is 0 Å². The summed E-state index contributed by atoms with van der Waals surface area (Å²) in [6, 6.07) is 92.5. The molecule has 0 spiro atoms. The average Bonchev–Trinajstić information content (AvgIpc) is 4.29. The number of fused-ring (bicyclic) bond motifs is 18. The minimum atomic E-state index is -0.149. The molecule has 1 aliphatic carbocycles. The fraction of sp³-hybridized carbons (Fsp3) is 0. The second-order valence-electron chi connectivity index (χ2n) is 21.1. The summed E-state index contributed by atoms with van der Waals surface area (Å²) in [6.07, 6.45) is 0. The minimum absolute atomic E-state index is 0.149. The number of hydrogen-bond donors (Lipinski definition) is 0. The van der Waals surface area contributed by atoms with Gasteiger partial charge < -0.3 is 18.3 Å². The van der Waals surface area contributed by atoms with E-state index in [9.17, 15) is 0 Å². The molecule has 0 saturated heterocycles.